The van der Waals surface area contributed by atoms with E-state index in [9.17, 15) is 22.8 Å². The molecule has 0 unspecified atom stereocenters. The molecule has 0 bridgehead atoms. The molecule has 6 nitrogen and oxygen atoms in total. The van der Waals surface area contributed by atoms with Crippen LogP contribution in [0.5, 0.6) is 5.75 Å². The van der Waals surface area contributed by atoms with Crippen LogP contribution in [0.15, 0.2) is 48.5 Å². The van der Waals surface area contributed by atoms with Gasteiger partial charge < -0.3 is 10.1 Å². The van der Waals surface area contributed by atoms with Crippen LogP contribution in [0.1, 0.15) is 23.6 Å². The highest BCUT2D eigenvalue weighted by Crippen LogP contribution is 2.31. The Kier molecular flexibility index (Phi) is 5.76. The monoisotopic (exact) mass is 421 g/mol. The first-order valence-electron chi connectivity index (χ1n) is 9.18. The Morgan fingerprint density at radius 3 is 2.40 bits per heavy atom. The van der Waals surface area contributed by atoms with Gasteiger partial charge in [-0.3, -0.25) is 9.69 Å². The number of urea groups is 1. The van der Waals surface area contributed by atoms with Gasteiger partial charge in [0.2, 0.25) is 0 Å². The van der Waals surface area contributed by atoms with Crippen LogP contribution in [0.2, 0.25) is 0 Å². The van der Waals surface area contributed by atoms with Crippen molar-refractivity contribution in [3.63, 3.8) is 0 Å². The zero-order valence-corrected chi connectivity index (χ0v) is 16.8. The molecule has 1 atom stereocenters. The van der Waals surface area contributed by atoms with E-state index in [0.29, 0.717) is 16.9 Å². The van der Waals surface area contributed by atoms with Crippen LogP contribution in [0, 0.1) is 0 Å². The number of nitrogens with one attached hydrogen (secondary N) is 1. The van der Waals surface area contributed by atoms with E-state index in [1.807, 2.05) is 0 Å². The molecule has 3 amide bonds. The summed E-state index contributed by atoms with van der Waals surface area (Å²) in [5.41, 5.74) is -0.737. The summed E-state index contributed by atoms with van der Waals surface area (Å²) < 4.78 is 43.3. The minimum atomic E-state index is -4.39. The molecule has 1 saturated heterocycles. The third kappa shape index (κ3) is 4.25. The maximum absolute atomic E-state index is 13.0. The first-order valence-corrected chi connectivity index (χ1v) is 9.18. The molecule has 0 aromatic heterocycles. The van der Waals surface area contributed by atoms with Crippen LogP contribution in [0.25, 0.3) is 0 Å². The quantitative estimate of drug-likeness (QED) is 0.725. The van der Waals surface area contributed by atoms with Crippen molar-refractivity contribution in [3.8, 4) is 5.75 Å². The molecule has 0 spiro atoms. The molecule has 1 aliphatic heterocycles. The zero-order chi connectivity index (χ0) is 22.1. The average Bonchev–Trinajstić information content (AvgIpc) is 2.92. The number of imide groups is 1. The number of nitrogens with zero attached hydrogens (tertiary/aromatic N) is 2. The molecular formula is C21H22F3N3O3. The van der Waals surface area contributed by atoms with Gasteiger partial charge in [-0.2, -0.15) is 13.2 Å². The number of alkyl halides is 3. The largest absolute Gasteiger partial charge is 0.497 e. The molecule has 1 heterocycles. The Morgan fingerprint density at radius 2 is 1.80 bits per heavy atom. The van der Waals surface area contributed by atoms with E-state index in [1.165, 1.54) is 19.2 Å². The van der Waals surface area contributed by atoms with E-state index < -0.39 is 29.2 Å². The van der Waals surface area contributed by atoms with Crippen molar-refractivity contribution in [3.05, 3.63) is 65.2 Å². The summed E-state index contributed by atoms with van der Waals surface area (Å²) in [5, 5.41) is 2.72. The number of amides is 3. The maximum atomic E-state index is 13.0. The van der Waals surface area contributed by atoms with Crippen molar-refractivity contribution in [1.29, 1.82) is 0 Å². The number of halogens is 3. The molecule has 0 saturated carbocycles. The van der Waals surface area contributed by atoms with Gasteiger partial charge in [-0.05, 0) is 49.4 Å². The van der Waals surface area contributed by atoms with Crippen molar-refractivity contribution in [1.82, 2.24) is 15.1 Å². The van der Waals surface area contributed by atoms with Crippen molar-refractivity contribution >= 4 is 11.9 Å². The van der Waals surface area contributed by atoms with Crippen LogP contribution in [-0.4, -0.2) is 42.6 Å². The number of rotatable bonds is 6. The summed E-state index contributed by atoms with van der Waals surface area (Å²) >= 11 is 0. The van der Waals surface area contributed by atoms with Crippen LogP contribution < -0.4 is 10.1 Å². The van der Waals surface area contributed by atoms with Gasteiger partial charge >= 0.3 is 12.2 Å². The van der Waals surface area contributed by atoms with Crippen LogP contribution >= 0.6 is 0 Å². The Labute approximate surface area is 172 Å². The lowest BCUT2D eigenvalue weighted by atomic mass is 9.92. The van der Waals surface area contributed by atoms with Gasteiger partial charge in [0.15, 0.2) is 0 Å². The number of carbonyl (C=O) groups is 2. The Morgan fingerprint density at radius 1 is 1.13 bits per heavy atom. The molecule has 1 N–H and O–H groups in total. The van der Waals surface area contributed by atoms with Crippen molar-refractivity contribution in [2.45, 2.75) is 25.2 Å². The number of methoxy groups -OCH3 is 1. The average molecular weight is 421 g/mol. The van der Waals surface area contributed by atoms with Crippen molar-refractivity contribution < 1.29 is 27.5 Å². The molecule has 1 fully saturated rings. The molecule has 160 valence electrons. The molecule has 9 heteroatoms. The predicted octanol–water partition coefficient (Wildman–Crippen LogP) is 3.57. The summed E-state index contributed by atoms with van der Waals surface area (Å²) in [7, 11) is 3.19. The third-order valence-corrected chi connectivity index (χ3v) is 5.04. The lowest BCUT2D eigenvalue weighted by Gasteiger charge is -2.25. The second-order valence-electron chi connectivity index (χ2n) is 7.37. The van der Waals surface area contributed by atoms with Gasteiger partial charge in [0.05, 0.1) is 19.3 Å². The fraction of sp³-hybridized carbons (Fsp3) is 0.333. The molecule has 3 rings (SSSR count). The van der Waals surface area contributed by atoms with Crippen molar-refractivity contribution in [2.24, 2.45) is 0 Å². The summed E-state index contributed by atoms with van der Waals surface area (Å²) in [6, 6.07) is 11.1. The molecule has 0 aliphatic carbocycles. The normalized spacial score (nSPS) is 19.4. The molecule has 1 aliphatic rings. The Balaban J connectivity index is 1.70. The van der Waals surface area contributed by atoms with Gasteiger partial charge in [-0.25, -0.2) is 9.69 Å². The fourth-order valence-electron chi connectivity index (χ4n) is 3.36. The Bertz CT molecular complexity index is 947. The van der Waals surface area contributed by atoms with E-state index in [1.54, 1.807) is 43.1 Å². The van der Waals surface area contributed by atoms with Crippen molar-refractivity contribution in [2.75, 3.05) is 20.8 Å². The van der Waals surface area contributed by atoms with Gasteiger partial charge in [-0.1, -0.05) is 24.3 Å². The second kappa shape index (κ2) is 7.98. The zero-order valence-electron chi connectivity index (χ0n) is 16.8. The SMILES string of the molecule is COc1cccc([C@]2(C)NC(=O)N(CN(C)Cc3ccc(C(F)(F)F)cc3)C2=O)c1. The lowest BCUT2D eigenvalue weighted by molar-refractivity contribution is -0.137. The number of ether oxygens (including phenoxy) is 1. The maximum Gasteiger partial charge on any atom is 0.416 e. The summed E-state index contributed by atoms with van der Waals surface area (Å²) in [5.74, 6) is 0.147. The van der Waals surface area contributed by atoms with Gasteiger partial charge in [0, 0.05) is 6.54 Å². The summed E-state index contributed by atoms with van der Waals surface area (Å²) in [6.07, 6.45) is -4.39. The number of benzene rings is 2. The minimum absolute atomic E-state index is 0.00868. The third-order valence-electron chi connectivity index (χ3n) is 5.04. The van der Waals surface area contributed by atoms with Crippen LogP contribution in [0.4, 0.5) is 18.0 Å². The first kappa shape index (κ1) is 21.6. The van der Waals surface area contributed by atoms with Gasteiger partial charge in [-0.15, -0.1) is 0 Å². The summed E-state index contributed by atoms with van der Waals surface area (Å²) in [6.45, 7) is 1.88. The molecule has 2 aromatic rings. The van der Waals surface area contributed by atoms with E-state index in [2.05, 4.69) is 5.32 Å². The molecule has 0 radical (unpaired) electrons. The molecular weight excluding hydrogens is 399 g/mol. The van der Waals surface area contributed by atoms with Crippen LogP contribution in [0.3, 0.4) is 0 Å². The van der Waals surface area contributed by atoms with E-state index in [0.717, 1.165) is 17.0 Å². The standard InChI is InChI=1S/C21H22F3N3O3/c1-20(16-5-4-6-17(11-16)30-3)18(28)27(19(29)25-20)13-26(2)12-14-7-9-15(10-8-14)21(22,23)24/h4-11H,12-13H2,1-3H3,(H,25,29)/t20-/m0/s1. The Hall–Kier alpha value is -3.07. The summed E-state index contributed by atoms with van der Waals surface area (Å²) in [4.78, 5) is 28.3. The number of carbonyl (C=O) groups excluding carboxylic acids is 2. The van der Waals surface area contributed by atoms with Gasteiger partial charge in [0.25, 0.3) is 5.91 Å². The topological polar surface area (TPSA) is 61.9 Å². The minimum Gasteiger partial charge on any atom is -0.497 e. The number of hydrogen-bond acceptors (Lipinski definition) is 4. The van der Waals surface area contributed by atoms with E-state index in [-0.39, 0.29) is 13.2 Å². The highest BCUT2D eigenvalue weighted by molar-refractivity contribution is 6.07. The molecule has 2 aromatic carbocycles. The molecule has 30 heavy (non-hydrogen) atoms. The highest BCUT2D eigenvalue weighted by atomic mass is 19.4. The number of hydrogen-bond donors (Lipinski definition) is 1. The van der Waals surface area contributed by atoms with Gasteiger partial charge in [0.1, 0.15) is 11.3 Å². The smallest absolute Gasteiger partial charge is 0.416 e. The predicted molar refractivity (Wildman–Crippen MR) is 104 cm³/mol. The first-order chi connectivity index (χ1) is 14.0. The lowest BCUT2D eigenvalue weighted by Crippen LogP contribution is -2.42. The highest BCUT2D eigenvalue weighted by Gasteiger charge is 2.49. The van der Waals surface area contributed by atoms with E-state index >= 15 is 0 Å². The van der Waals surface area contributed by atoms with E-state index in [4.69, 9.17) is 4.74 Å². The van der Waals surface area contributed by atoms with Crippen LogP contribution in [-0.2, 0) is 23.1 Å². The second-order valence-corrected chi connectivity index (χ2v) is 7.37. The fourth-order valence-corrected chi connectivity index (χ4v) is 3.36.